The van der Waals surface area contributed by atoms with Gasteiger partial charge >= 0.3 is 6.09 Å². The first kappa shape index (κ1) is 20.8. The van der Waals surface area contributed by atoms with Crippen molar-refractivity contribution in [2.45, 2.75) is 33.3 Å². The van der Waals surface area contributed by atoms with Crippen molar-refractivity contribution in [1.82, 2.24) is 5.32 Å². The van der Waals surface area contributed by atoms with E-state index in [1.54, 1.807) is 33.8 Å². The van der Waals surface area contributed by atoms with Crippen LogP contribution in [0.3, 0.4) is 0 Å². The van der Waals surface area contributed by atoms with Gasteiger partial charge in [-0.05, 0) is 33.8 Å². The highest BCUT2D eigenvalue weighted by Gasteiger charge is 2.16. The lowest BCUT2D eigenvalue weighted by Gasteiger charge is -2.19. The molecule has 0 saturated heterocycles. The van der Waals surface area contributed by atoms with E-state index in [1.807, 2.05) is 0 Å². The molecule has 0 bridgehead atoms. The lowest BCUT2D eigenvalue weighted by molar-refractivity contribution is -0.385. The molecule has 0 saturated carbocycles. The molecule has 0 unspecified atom stereocenters. The first-order valence-electron chi connectivity index (χ1n) is 7.68. The molecule has 2 N–H and O–H groups in total. The van der Waals surface area contributed by atoms with Crippen LogP contribution in [-0.4, -0.2) is 40.6 Å². The first-order valence-corrected chi connectivity index (χ1v) is 8.84. The molecule has 0 aliphatic heterocycles. The van der Waals surface area contributed by atoms with Gasteiger partial charge in [0, 0.05) is 18.4 Å². The van der Waals surface area contributed by atoms with Crippen LogP contribution in [0.1, 0.15) is 26.3 Å². The highest BCUT2D eigenvalue weighted by molar-refractivity contribution is 7.99. The number of hydrogen-bond acceptors (Lipinski definition) is 6. The topological polar surface area (TPSA) is 111 Å². The summed E-state index contributed by atoms with van der Waals surface area (Å²) in [5, 5.41) is 16.2. The lowest BCUT2D eigenvalue weighted by Crippen LogP contribution is -2.33. The number of hydrogen-bond donors (Lipinski definition) is 2. The molecule has 9 heteroatoms. The Labute approximate surface area is 150 Å². The average molecular weight is 369 g/mol. The summed E-state index contributed by atoms with van der Waals surface area (Å²) in [5.41, 5.74) is 0.254. The van der Waals surface area contributed by atoms with E-state index in [0.29, 0.717) is 23.5 Å². The molecular weight excluding hydrogens is 346 g/mol. The number of alkyl carbamates (subject to hydrolysis) is 1. The van der Waals surface area contributed by atoms with E-state index in [9.17, 15) is 19.7 Å². The van der Waals surface area contributed by atoms with Gasteiger partial charge in [-0.1, -0.05) is 6.07 Å². The number of thioether (sulfide) groups is 1. The van der Waals surface area contributed by atoms with Crippen molar-refractivity contribution in [2.24, 2.45) is 0 Å². The van der Waals surface area contributed by atoms with E-state index in [2.05, 4.69) is 10.6 Å². The first-order chi connectivity index (χ1) is 11.6. The van der Waals surface area contributed by atoms with E-state index in [0.717, 1.165) is 0 Å². The molecule has 0 heterocycles. The van der Waals surface area contributed by atoms with Crippen LogP contribution in [0.5, 0.6) is 0 Å². The Morgan fingerprint density at radius 1 is 1.32 bits per heavy atom. The van der Waals surface area contributed by atoms with E-state index < -0.39 is 16.6 Å². The van der Waals surface area contributed by atoms with Crippen LogP contribution in [0.4, 0.5) is 16.2 Å². The monoisotopic (exact) mass is 369 g/mol. The summed E-state index contributed by atoms with van der Waals surface area (Å²) >= 11 is 1.34. The normalized spacial score (nSPS) is 10.9. The van der Waals surface area contributed by atoms with E-state index in [-0.39, 0.29) is 17.3 Å². The second kappa shape index (κ2) is 9.26. The number of rotatable bonds is 7. The number of anilines is 1. The molecular formula is C16H23N3O5S. The molecule has 138 valence electrons. The van der Waals surface area contributed by atoms with Crippen LogP contribution >= 0.6 is 11.8 Å². The van der Waals surface area contributed by atoms with Crippen LogP contribution in [-0.2, 0) is 9.53 Å². The molecule has 1 aromatic carbocycles. The van der Waals surface area contributed by atoms with Gasteiger partial charge in [0.05, 0.1) is 21.9 Å². The summed E-state index contributed by atoms with van der Waals surface area (Å²) in [5.74, 6) is 0.462. The summed E-state index contributed by atoms with van der Waals surface area (Å²) in [4.78, 5) is 33.8. The van der Waals surface area contributed by atoms with Crippen molar-refractivity contribution < 1.29 is 19.2 Å². The Balaban J connectivity index is 2.34. The zero-order valence-corrected chi connectivity index (χ0v) is 15.6. The minimum absolute atomic E-state index is 0.0352. The molecule has 25 heavy (non-hydrogen) atoms. The van der Waals surface area contributed by atoms with Crippen molar-refractivity contribution in [3.63, 3.8) is 0 Å². The summed E-state index contributed by atoms with van der Waals surface area (Å²) in [6.07, 6.45) is -0.496. The molecule has 8 nitrogen and oxygen atoms in total. The Morgan fingerprint density at radius 3 is 2.60 bits per heavy atom. The minimum atomic E-state index is -0.548. The SMILES string of the molecule is Cc1c(NC(=O)CSCCNC(=O)OC(C)(C)C)cccc1[N+](=O)[O-]. The number of carbonyl (C=O) groups is 2. The van der Waals surface area contributed by atoms with Crippen molar-refractivity contribution in [3.8, 4) is 0 Å². The van der Waals surface area contributed by atoms with Crippen molar-refractivity contribution in [1.29, 1.82) is 0 Å². The number of ether oxygens (including phenoxy) is 1. The van der Waals surface area contributed by atoms with Gasteiger partial charge in [-0.15, -0.1) is 0 Å². The molecule has 0 radical (unpaired) electrons. The number of nitrogens with zero attached hydrogens (tertiary/aromatic N) is 1. The van der Waals surface area contributed by atoms with Crippen LogP contribution in [0.25, 0.3) is 0 Å². The number of nitro benzene ring substituents is 1. The predicted molar refractivity (Wildman–Crippen MR) is 98.0 cm³/mol. The lowest BCUT2D eigenvalue weighted by atomic mass is 10.1. The van der Waals surface area contributed by atoms with E-state index in [1.165, 1.54) is 23.9 Å². The number of amides is 2. The third-order valence-electron chi connectivity index (χ3n) is 2.92. The highest BCUT2D eigenvalue weighted by Crippen LogP contribution is 2.25. The summed E-state index contributed by atoms with van der Waals surface area (Å²) in [7, 11) is 0. The van der Waals surface area contributed by atoms with E-state index in [4.69, 9.17) is 4.74 Å². The fraction of sp³-hybridized carbons (Fsp3) is 0.500. The van der Waals surface area contributed by atoms with Crippen LogP contribution in [0, 0.1) is 17.0 Å². The van der Waals surface area contributed by atoms with Gasteiger partial charge in [-0.25, -0.2) is 4.79 Å². The van der Waals surface area contributed by atoms with Gasteiger partial charge in [0.2, 0.25) is 5.91 Å². The molecule has 0 aromatic heterocycles. The fourth-order valence-electron chi connectivity index (χ4n) is 1.85. The molecule has 1 rings (SSSR count). The van der Waals surface area contributed by atoms with Crippen molar-refractivity contribution in [3.05, 3.63) is 33.9 Å². The molecule has 2 amide bonds. The van der Waals surface area contributed by atoms with Crippen LogP contribution in [0.2, 0.25) is 0 Å². The van der Waals surface area contributed by atoms with Crippen molar-refractivity contribution >= 4 is 35.1 Å². The molecule has 1 aromatic rings. The number of nitro groups is 1. The Morgan fingerprint density at radius 2 is 2.00 bits per heavy atom. The maximum atomic E-state index is 11.9. The Kier molecular flexibility index (Phi) is 7.69. The van der Waals surface area contributed by atoms with Gasteiger partial charge in [0.15, 0.2) is 0 Å². The summed E-state index contributed by atoms with van der Waals surface area (Å²) in [6, 6.07) is 4.54. The molecule has 0 atom stereocenters. The average Bonchev–Trinajstić information content (AvgIpc) is 2.47. The van der Waals surface area contributed by atoms with Gasteiger partial charge in [-0.3, -0.25) is 14.9 Å². The zero-order valence-electron chi connectivity index (χ0n) is 14.8. The number of carbonyl (C=O) groups excluding carboxylic acids is 2. The van der Waals surface area contributed by atoms with Crippen LogP contribution < -0.4 is 10.6 Å². The number of benzene rings is 1. The molecule has 0 aliphatic carbocycles. The third kappa shape index (κ3) is 7.88. The molecule has 0 fully saturated rings. The predicted octanol–water partition coefficient (Wildman–Crippen LogP) is 3.10. The van der Waals surface area contributed by atoms with Crippen molar-refractivity contribution in [2.75, 3.05) is 23.4 Å². The smallest absolute Gasteiger partial charge is 0.407 e. The van der Waals surface area contributed by atoms with E-state index >= 15 is 0 Å². The zero-order chi connectivity index (χ0) is 19.0. The standard InChI is InChI=1S/C16H23N3O5S/c1-11-12(6-5-7-13(11)19(22)23)18-14(20)10-25-9-8-17-15(21)24-16(2,3)4/h5-7H,8-10H2,1-4H3,(H,17,21)(H,18,20). The molecule has 0 aliphatic rings. The Bertz CT molecular complexity index is 643. The Hall–Kier alpha value is -2.29. The van der Waals surface area contributed by atoms with Gasteiger partial charge in [-0.2, -0.15) is 11.8 Å². The third-order valence-corrected chi connectivity index (χ3v) is 3.88. The second-order valence-corrected chi connectivity index (χ2v) is 7.34. The summed E-state index contributed by atoms with van der Waals surface area (Å²) < 4.78 is 5.09. The highest BCUT2D eigenvalue weighted by atomic mass is 32.2. The second-order valence-electron chi connectivity index (χ2n) is 6.24. The quantitative estimate of drug-likeness (QED) is 0.434. The van der Waals surface area contributed by atoms with Gasteiger partial charge in [0.1, 0.15) is 5.60 Å². The minimum Gasteiger partial charge on any atom is -0.444 e. The molecule has 0 spiro atoms. The maximum absolute atomic E-state index is 11.9. The van der Waals surface area contributed by atoms with Gasteiger partial charge in [0.25, 0.3) is 5.69 Å². The summed E-state index contributed by atoms with van der Waals surface area (Å²) in [6.45, 7) is 7.30. The largest absolute Gasteiger partial charge is 0.444 e. The maximum Gasteiger partial charge on any atom is 0.407 e. The number of nitrogens with one attached hydrogen (secondary N) is 2. The van der Waals surface area contributed by atoms with Crippen LogP contribution in [0.15, 0.2) is 18.2 Å². The van der Waals surface area contributed by atoms with Gasteiger partial charge < -0.3 is 15.4 Å². The fourth-order valence-corrected chi connectivity index (χ4v) is 2.50.